The molecule has 1 aliphatic carbocycles. The Balaban J connectivity index is 1.75. The third kappa shape index (κ3) is 4.98. The molecule has 0 bridgehead atoms. The molecule has 1 saturated carbocycles. The lowest BCUT2D eigenvalue weighted by Gasteiger charge is -2.22. The molecule has 9 heteroatoms. The van der Waals surface area contributed by atoms with Gasteiger partial charge in [0.25, 0.3) is 5.91 Å². The highest BCUT2D eigenvalue weighted by Gasteiger charge is 2.28. The number of furan rings is 1. The number of halogens is 1. The van der Waals surface area contributed by atoms with Crippen molar-refractivity contribution in [2.75, 3.05) is 20.6 Å². The standard InChI is InChI=1S/C18H22BrN3O4S/c1-22(2)16(17-4-3-9-26-17)11-20-18(23)14-10-13(7-8-15(14)19)27(24,25)21-12-5-6-12/h3-4,7-10,12,16,21H,5-6,11H2,1-2H3,(H,20,23). The number of hydrogen-bond donors (Lipinski definition) is 2. The Bertz CT molecular complexity index is 909. The van der Waals surface area contributed by atoms with Gasteiger partial charge in [-0.05, 0) is 73.2 Å². The number of carbonyl (C=O) groups excluding carboxylic acids is 1. The average Bonchev–Trinajstić information content (AvgIpc) is 3.24. The van der Waals surface area contributed by atoms with Gasteiger partial charge >= 0.3 is 0 Å². The molecule has 2 N–H and O–H groups in total. The topological polar surface area (TPSA) is 91.7 Å². The summed E-state index contributed by atoms with van der Waals surface area (Å²) < 4.78 is 33.4. The van der Waals surface area contributed by atoms with Crippen molar-refractivity contribution in [1.29, 1.82) is 0 Å². The summed E-state index contributed by atoms with van der Waals surface area (Å²) in [5.41, 5.74) is 0.269. The predicted octanol–water partition coefficient (Wildman–Crippen LogP) is 2.52. The number of sulfonamides is 1. The van der Waals surface area contributed by atoms with E-state index >= 15 is 0 Å². The van der Waals surface area contributed by atoms with Crippen LogP contribution in [0, 0.1) is 0 Å². The van der Waals surface area contributed by atoms with Crippen molar-refractivity contribution >= 4 is 31.9 Å². The molecule has 1 fully saturated rings. The third-order valence-corrected chi connectivity index (χ3v) is 6.55. The van der Waals surface area contributed by atoms with Gasteiger partial charge < -0.3 is 9.73 Å². The summed E-state index contributed by atoms with van der Waals surface area (Å²) in [6, 6.07) is 7.97. The van der Waals surface area contributed by atoms with Crippen molar-refractivity contribution < 1.29 is 17.6 Å². The second-order valence-corrected chi connectivity index (χ2v) is 9.31. The maximum absolute atomic E-state index is 12.7. The maximum atomic E-state index is 12.7. The lowest BCUT2D eigenvalue weighted by Crippen LogP contribution is -2.34. The van der Waals surface area contributed by atoms with E-state index in [-0.39, 0.29) is 28.4 Å². The van der Waals surface area contributed by atoms with Gasteiger partial charge in [-0.25, -0.2) is 13.1 Å². The van der Waals surface area contributed by atoms with Crippen LogP contribution in [0.1, 0.15) is 35.0 Å². The van der Waals surface area contributed by atoms with E-state index in [1.165, 1.54) is 12.1 Å². The van der Waals surface area contributed by atoms with Gasteiger partial charge in [-0.1, -0.05) is 0 Å². The molecule has 1 heterocycles. The number of nitrogens with zero attached hydrogens (tertiary/aromatic N) is 1. The molecule has 3 rings (SSSR count). The third-order valence-electron chi connectivity index (χ3n) is 4.34. The zero-order valence-electron chi connectivity index (χ0n) is 15.1. The minimum absolute atomic E-state index is 0.00469. The first-order valence-electron chi connectivity index (χ1n) is 8.58. The van der Waals surface area contributed by atoms with Crippen molar-refractivity contribution in [3.63, 3.8) is 0 Å². The van der Waals surface area contributed by atoms with Crippen LogP contribution in [0.15, 0.2) is 50.4 Å². The van der Waals surface area contributed by atoms with Crippen LogP contribution in [0.3, 0.4) is 0 Å². The molecule has 0 radical (unpaired) electrons. The van der Waals surface area contributed by atoms with Crippen LogP contribution in [0.2, 0.25) is 0 Å². The van der Waals surface area contributed by atoms with Gasteiger partial charge in [0.1, 0.15) is 5.76 Å². The molecule has 1 aliphatic rings. The maximum Gasteiger partial charge on any atom is 0.252 e. The normalized spacial score (nSPS) is 15.7. The molecule has 0 spiro atoms. The zero-order valence-corrected chi connectivity index (χ0v) is 17.5. The molecule has 0 saturated heterocycles. The Kier molecular flexibility index (Phi) is 6.05. The molecule has 1 amide bonds. The average molecular weight is 456 g/mol. The Morgan fingerprint density at radius 3 is 2.67 bits per heavy atom. The molecular formula is C18H22BrN3O4S. The van der Waals surface area contributed by atoms with Crippen LogP contribution in [-0.4, -0.2) is 45.9 Å². The summed E-state index contributed by atoms with van der Waals surface area (Å²) in [7, 11) is 0.166. The summed E-state index contributed by atoms with van der Waals surface area (Å²) >= 11 is 3.33. The van der Waals surface area contributed by atoms with Gasteiger partial charge in [-0.2, -0.15) is 0 Å². The van der Waals surface area contributed by atoms with Crippen LogP contribution in [0.5, 0.6) is 0 Å². The molecule has 1 aromatic carbocycles. The number of amides is 1. The Labute approximate surface area is 167 Å². The van der Waals surface area contributed by atoms with Crippen molar-refractivity contribution in [2.45, 2.75) is 29.8 Å². The van der Waals surface area contributed by atoms with E-state index in [4.69, 9.17) is 4.42 Å². The molecule has 146 valence electrons. The quantitative estimate of drug-likeness (QED) is 0.637. The summed E-state index contributed by atoms with van der Waals surface area (Å²) in [4.78, 5) is 14.7. The van der Waals surface area contributed by atoms with Crippen molar-refractivity contribution in [2.24, 2.45) is 0 Å². The van der Waals surface area contributed by atoms with Gasteiger partial charge in [-0.15, -0.1) is 0 Å². The second-order valence-electron chi connectivity index (χ2n) is 6.74. The highest BCUT2D eigenvalue weighted by molar-refractivity contribution is 9.10. The molecule has 2 aromatic rings. The van der Waals surface area contributed by atoms with Crippen molar-refractivity contribution in [3.05, 3.63) is 52.4 Å². The molecule has 7 nitrogen and oxygen atoms in total. The lowest BCUT2D eigenvalue weighted by atomic mass is 10.1. The number of hydrogen-bond acceptors (Lipinski definition) is 5. The van der Waals surface area contributed by atoms with E-state index in [9.17, 15) is 13.2 Å². The molecule has 1 atom stereocenters. The van der Waals surface area contributed by atoms with Gasteiger partial charge in [0.2, 0.25) is 10.0 Å². The van der Waals surface area contributed by atoms with Crippen LogP contribution in [0.4, 0.5) is 0 Å². The van der Waals surface area contributed by atoms with E-state index in [1.807, 2.05) is 25.1 Å². The minimum Gasteiger partial charge on any atom is -0.468 e. The van der Waals surface area contributed by atoms with Gasteiger partial charge in [-0.3, -0.25) is 9.69 Å². The first-order chi connectivity index (χ1) is 12.8. The summed E-state index contributed by atoms with van der Waals surface area (Å²) in [5, 5.41) is 2.86. The summed E-state index contributed by atoms with van der Waals surface area (Å²) in [6.45, 7) is 0.323. The molecule has 0 aliphatic heterocycles. The largest absolute Gasteiger partial charge is 0.468 e. The smallest absolute Gasteiger partial charge is 0.252 e. The first kappa shape index (κ1) is 20.1. The SMILES string of the molecule is CN(C)C(CNC(=O)c1cc(S(=O)(=O)NC2CC2)ccc1Br)c1ccco1. The van der Waals surface area contributed by atoms with Crippen molar-refractivity contribution in [3.8, 4) is 0 Å². The predicted molar refractivity (Wildman–Crippen MR) is 105 cm³/mol. The fourth-order valence-electron chi connectivity index (χ4n) is 2.64. The fraction of sp³-hybridized carbons (Fsp3) is 0.389. The zero-order chi connectivity index (χ0) is 19.6. The highest BCUT2D eigenvalue weighted by atomic mass is 79.9. The Morgan fingerprint density at radius 1 is 1.33 bits per heavy atom. The van der Waals surface area contributed by atoms with Crippen LogP contribution >= 0.6 is 15.9 Å². The van der Waals surface area contributed by atoms with E-state index < -0.39 is 10.0 Å². The van der Waals surface area contributed by atoms with E-state index in [0.717, 1.165) is 18.6 Å². The van der Waals surface area contributed by atoms with Gasteiger partial charge in [0, 0.05) is 17.1 Å². The first-order valence-corrected chi connectivity index (χ1v) is 10.9. The van der Waals surface area contributed by atoms with E-state index in [2.05, 4.69) is 26.0 Å². The van der Waals surface area contributed by atoms with Crippen LogP contribution in [-0.2, 0) is 10.0 Å². The minimum atomic E-state index is -3.62. The summed E-state index contributed by atoms with van der Waals surface area (Å²) in [6.07, 6.45) is 3.29. The molecule has 27 heavy (non-hydrogen) atoms. The summed E-state index contributed by atoms with van der Waals surface area (Å²) in [5.74, 6) is 0.382. The number of nitrogens with one attached hydrogen (secondary N) is 2. The molecule has 1 aromatic heterocycles. The molecule has 1 unspecified atom stereocenters. The number of carbonyl (C=O) groups is 1. The molecular weight excluding hydrogens is 434 g/mol. The highest BCUT2D eigenvalue weighted by Crippen LogP contribution is 2.25. The Morgan fingerprint density at radius 2 is 2.07 bits per heavy atom. The number of likely N-dealkylation sites (N-methyl/N-ethyl adjacent to an activating group) is 1. The van der Waals surface area contributed by atoms with Crippen LogP contribution < -0.4 is 10.0 Å². The van der Waals surface area contributed by atoms with E-state index in [0.29, 0.717) is 11.0 Å². The number of rotatable bonds is 8. The fourth-order valence-corrected chi connectivity index (χ4v) is 4.39. The van der Waals surface area contributed by atoms with Gasteiger partial charge in [0.05, 0.1) is 22.8 Å². The monoisotopic (exact) mass is 455 g/mol. The Hall–Kier alpha value is -1.68. The number of benzene rings is 1. The van der Waals surface area contributed by atoms with E-state index in [1.54, 1.807) is 18.4 Å². The lowest BCUT2D eigenvalue weighted by molar-refractivity contribution is 0.0938. The second kappa shape index (κ2) is 8.14. The van der Waals surface area contributed by atoms with Gasteiger partial charge in [0.15, 0.2) is 0 Å². The van der Waals surface area contributed by atoms with Crippen molar-refractivity contribution in [1.82, 2.24) is 14.9 Å². The van der Waals surface area contributed by atoms with Crippen LogP contribution in [0.25, 0.3) is 0 Å².